The molecular weight excluding hydrogens is 178 g/mol. The summed E-state index contributed by atoms with van der Waals surface area (Å²) in [5.74, 6) is 3.79. The van der Waals surface area contributed by atoms with Crippen molar-refractivity contribution in [2.75, 3.05) is 24.6 Å². The molecule has 78 valence electrons. The van der Waals surface area contributed by atoms with Crippen LogP contribution in [0.1, 0.15) is 33.6 Å². The van der Waals surface area contributed by atoms with E-state index in [1.165, 1.54) is 37.4 Å². The normalized spacial score (nSPS) is 20.3. The number of nitrogens with zero attached hydrogens (tertiary/aromatic N) is 1. The summed E-state index contributed by atoms with van der Waals surface area (Å²) in [5.41, 5.74) is 0. The van der Waals surface area contributed by atoms with Crippen LogP contribution in [0, 0.1) is 5.92 Å². The monoisotopic (exact) mass is 201 g/mol. The fourth-order valence-electron chi connectivity index (χ4n) is 1.76. The third-order valence-electron chi connectivity index (χ3n) is 2.92. The predicted octanol–water partition coefficient (Wildman–Crippen LogP) is 2.86. The Hall–Kier alpha value is 0.310. The van der Waals surface area contributed by atoms with Crippen molar-refractivity contribution in [3.05, 3.63) is 0 Å². The summed E-state index contributed by atoms with van der Waals surface area (Å²) in [7, 11) is 0. The molecule has 1 nitrogen and oxygen atoms in total. The van der Waals surface area contributed by atoms with E-state index in [1.807, 2.05) is 0 Å². The smallest absolute Gasteiger partial charge is 0.00644 e. The highest BCUT2D eigenvalue weighted by atomic mass is 32.2. The van der Waals surface area contributed by atoms with Crippen molar-refractivity contribution in [3.8, 4) is 0 Å². The predicted molar refractivity (Wildman–Crippen MR) is 62.4 cm³/mol. The number of thioether (sulfide) groups is 1. The molecule has 1 heterocycles. The Bertz CT molecular complexity index is 134. The number of hydrogen-bond acceptors (Lipinski definition) is 2. The van der Waals surface area contributed by atoms with Gasteiger partial charge in [-0.2, -0.15) is 11.8 Å². The third kappa shape index (κ3) is 3.51. The lowest BCUT2D eigenvalue weighted by Crippen LogP contribution is -2.40. The minimum atomic E-state index is 0.783. The Morgan fingerprint density at radius 3 is 2.46 bits per heavy atom. The van der Waals surface area contributed by atoms with Crippen molar-refractivity contribution in [1.29, 1.82) is 0 Å². The minimum Gasteiger partial charge on any atom is -0.300 e. The summed E-state index contributed by atoms with van der Waals surface area (Å²) in [4.78, 5) is 2.67. The first-order chi connectivity index (χ1) is 6.27. The van der Waals surface area contributed by atoms with Gasteiger partial charge in [-0.15, -0.1) is 0 Å². The Morgan fingerprint density at radius 1 is 1.38 bits per heavy atom. The Labute approximate surface area is 87.3 Å². The molecule has 0 spiro atoms. The lowest BCUT2D eigenvalue weighted by atomic mass is 10.1. The fraction of sp³-hybridized carbons (Fsp3) is 1.00. The summed E-state index contributed by atoms with van der Waals surface area (Å²) >= 11 is 2.10. The molecule has 0 radical (unpaired) electrons. The van der Waals surface area contributed by atoms with Crippen molar-refractivity contribution >= 4 is 11.8 Å². The molecule has 0 aliphatic carbocycles. The molecule has 1 atom stereocenters. The molecular formula is C11H23NS. The van der Waals surface area contributed by atoms with Crippen LogP contribution in [0.25, 0.3) is 0 Å². The molecule has 13 heavy (non-hydrogen) atoms. The van der Waals surface area contributed by atoms with Gasteiger partial charge in [-0.05, 0) is 43.7 Å². The third-order valence-corrected chi connectivity index (χ3v) is 4.34. The van der Waals surface area contributed by atoms with Crippen molar-refractivity contribution in [1.82, 2.24) is 4.90 Å². The fourth-order valence-corrected chi connectivity index (χ4v) is 2.54. The van der Waals surface area contributed by atoms with Gasteiger partial charge in [-0.1, -0.05) is 13.8 Å². The number of hydrogen-bond donors (Lipinski definition) is 0. The number of rotatable bonds is 6. The van der Waals surface area contributed by atoms with Gasteiger partial charge in [0.1, 0.15) is 0 Å². The molecule has 1 unspecified atom stereocenters. The zero-order valence-electron chi connectivity index (χ0n) is 9.25. The molecule has 1 aliphatic heterocycles. The van der Waals surface area contributed by atoms with Crippen LogP contribution in [0.15, 0.2) is 0 Å². The van der Waals surface area contributed by atoms with Crippen LogP contribution in [0.4, 0.5) is 0 Å². The Balaban J connectivity index is 2.27. The van der Waals surface area contributed by atoms with Crippen LogP contribution in [0.3, 0.4) is 0 Å². The van der Waals surface area contributed by atoms with E-state index in [0.717, 1.165) is 12.0 Å². The van der Waals surface area contributed by atoms with E-state index < -0.39 is 0 Å². The summed E-state index contributed by atoms with van der Waals surface area (Å²) in [6, 6.07) is 0.783. The van der Waals surface area contributed by atoms with Gasteiger partial charge >= 0.3 is 0 Å². The zero-order chi connectivity index (χ0) is 9.68. The van der Waals surface area contributed by atoms with E-state index in [1.54, 1.807) is 0 Å². The van der Waals surface area contributed by atoms with Gasteiger partial charge in [-0.25, -0.2) is 0 Å². The molecule has 1 aliphatic rings. The van der Waals surface area contributed by atoms with Gasteiger partial charge in [0, 0.05) is 12.6 Å². The summed E-state index contributed by atoms with van der Waals surface area (Å²) in [6.45, 7) is 9.57. The highest BCUT2D eigenvalue weighted by molar-refractivity contribution is 8.00. The largest absolute Gasteiger partial charge is 0.300 e. The van der Waals surface area contributed by atoms with Crippen LogP contribution >= 0.6 is 11.8 Å². The molecule has 0 bridgehead atoms. The van der Waals surface area contributed by atoms with Crippen molar-refractivity contribution in [2.24, 2.45) is 5.92 Å². The van der Waals surface area contributed by atoms with E-state index in [4.69, 9.17) is 0 Å². The van der Waals surface area contributed by atoms with Gasteiger partial charge in [0.2, 0.25) is 0 Å². The van der Waals surface area contributed by atoms with Crippen LogP contribution in [-0.4, -0.2) is 35.5 Å². The van der Waals surface area contributed by atoms with Gasteiger partial charge < -0.3 is 4.90 Å². The van der Waals surface area contributed by atoms with Gasteiger partial charge in [0.15, 0.2) is 0 Å². The van der Waals surface area contributed by atoms with Crippen molar-refractivity contribution < 1.29 is 0 Å². The first kappa shape index (κ1) is 11.4. The maximum absolute atomic E-state index is 2.67. The molecule has 0 saturated carbocycles. The molecule has 0 amide bonds. The van der Waals surface area contributed by atoms with Gasteiger partial charge in [0.25, 0.3) is 0 Å². The first-order valence-corrected chi connectivity index (χ1v) is 6.75. The second kappa shape index (κ2) is 5.92. The van der Waals surface area contributed by atoms with Gasteiger partial charge in [-0.3, -0.25) is 0 Å². The van der Waals surface area contributed by atoms with E-state index in [-0.39, 0.29) is 0 Å². The first-order valence-electron chi connectivity index (χ1n) is 5.59. The highest BCUT2D eigenvalue weighted by Crippen LogP contribution is 2.26. The topological polar surface area (TPSA) is 3.24 Å². The maximum atomic E-state index is 2.67. The molecule has 0 aromatic carbocycles. The summed E-state index contributed by atoms with van der Waals surface area (Å²) in [5, 5.41) is 0. The second-order valence-corrected chi connectivity index (χ2v) is 5.23. The van der Waals surface area contributed by atoms with Crippen LogP contribution in [0.5, 0.6) is 0 Å². The lowest BCUT2D eigenvalue weighted by Gasteiger charge is -2.35. The average Bonchev–Trinajstić information content (AvgIpc) is 2.07. The molecule has 1 fully saturated rings. The van der Waals surface area contributed by atoms with Crippen LogP contribution in [-0.2, 0) is 0 Å². The second-order valence-electron chi connectivity index (χ2n) is 4.16. The zero-order valence-corrected chi connectivity index (χ0v) is 10.1. The molecule has 1 rings (SSSR count). The van der Waals surface area contributed by atoms with Gasteiger partial charge in [0.05, 0.1) is 0 Å². The average molecular weight is 201 g/mol. The highest BCUT2D eigenvalue weighted by Gasteiger charge is 2.22. The summed E-state index contributed by atoms with van der Waals surface area (Å²) in [6.07, 6.45) is 2.59. The standard InChI is InChI=1S/C11H23NS/c1-4-6-12(10(3)5-2)7-11-8-13-9-11/h10-11H,4-9H2,1-3H3. The van der Waals surface area contributed by atoms with Crippen molar-refractivity contribution in [2.45, 2.75) is 39.7 Å². The molecule has 2 heteroatoms. The maximum Gasteiger partial charge on any atom is 0.00644 e. The van der Waals surface area contributed by atoms with Crippen molar-refractivity contribution in [3.63, 3.8) is 0 Å². The van der Waals surface area contributed by atoms with Crippen LogP contribution < -0.4 is 0 Å². The minimum absolute atomic E-state index is 0.783. The van der Waals surface area contributed by atoms with E-state index >= 15 is 0 Å². The SMILES string of the molecule is CCCN(CC1CSC1)C(C)CC. The Kier molecular flexibility index (Phi) is 5.18. The quantitative estimate of drug-likeness (QED) is 0.650. The molecule has 0 aromatic rings. The van der Waals surface area contributed by atoms with Crippen LogP contribution in [0.2, 0.25) is 0 Å². The molecule has 0 aromatic heterocycles. The molecule has 0 N–H and O–H groups in total. The van der Waals surface area contributed by atoms with E-state index in [2.05, 4.69) is 37.4 Å². The Morgan fingerprint density at radius 2 is 2.08 bits per heavy atom. The summed E-state index contributed by atoms with van der Waals surface area (Å²) < 4.78 is 0. The molecule has 1 saturated heterocycles. The lowest BCUT2D eigenvalue weighted by molar-refractivity contribution is 0.182. The van der Waals surface area contributed by atoms with E-state index in [9.17, 15) is 0 Å². The van der Waals surface area contributed by atoms with E-state index in [0.29, 0.717) is 0 Å².